The SMILES string of the molecule is C/C=c1/ccnc(NC2CCN(Cc3ccc(OCCCN=O)cc3)CC2)/c1=C/C(C)Cl.CC. The third-order valence-corrected chi connectivity index (χ3v) is 5.78. The highest BCUT2D eigenvalue weighted by Gasteiger charge is 2.20. The van der Waals surface area contributed by atoms with Crippen molar-refractivity contribution < 1.29 is 4.74 Å². The maximum Gasteiger partial charge on any atom is 0.133 e. The van der Waals surface area contributed by atoms with E-state index in [1.807, 2.05) is 52.1 Å². The molecule has 1 aromatic carbocycles. The summed E-state index contributed by atoms with van der Waals surface area (Å²) < 4.78 is 5.63. The molecule has 1 atom stereocenters. The maximum atomic E-state index is 10.1. The van der Waals surface area contributed by atoms with Crippen LogP contribution in [0.2, 0.25) is 0 Å². The highest BCUT2D eigenvalue weighted by atomic mass is 35.5. The Labute approximate surface area is 209 Å². The van der Waals surface area contributed by atoms with Crippen LogP contribution in [-0.2, 0) is 6.54 Å². The number of hydrogen-bond donors (Lipinski definition) is 1. The number of halogens is 1. The van der Waals surface area contributed by atoms with Crippen molar-refractivity contribution in [3.8, 4) is 5.75 Å². The first kappa shape index (κ1) is 27.8. The smallest absolute Gasteiger partial charge is 0.133 e. The Morgan fingerprint density at radius 1 is 1.24 bits per heavy atom. The normalized spacial score (nSPS) is 16.5. The zero-order chi connectivity index (χ0) is 24.8. The number of benzene rings is 1. The Morgan fingerprint density at radius 3 is 2.56 bits per heavy atom. The highest BCUT2D eigenvalue weighted by molar-refractivity contribution is 6.23. The average Bonchev–Trinajstić information content (AvgIpc) is 2.86. The fourth-order valence-corrected chi connectivity index (χ4v) is 4.08. The summed E-state index contributed by atoms with van der Waals surface area (Å²) in [6, 6.07) is 10.7. The second-order valence-electron chi connectivity index (χ2n) is 8.19. The Kier molecular flexibility index (Phi) is 12.6. The lowest BCUT2D eigenvalue weighted by Gasteiger charge is -2.32. The van der Waals surface area contributed by atoms with Crippen LogP contribution in [0.3, 0.4) is 0 Å². The van der Waals surface area contributed by atoms with E-state index in [-0.39, 0.29) is 5.38 Å². The predicted octanol–water partition coefficient (Wildman–Crippen LogP) is 4.93. The van der Waals surface area contributed by atoms with Gasteiger partial charge in [-0.3, -0.25) is 4.90 Å². The number of alkyl halides is 1. The van der Waals surface area contributed by atoms with E-state index in [9.17, 15) is 4.91 Å². The molecule has 7 heteroatoms. The van der Waals surface area contributed by atoms with E-state index >= 15 is 0 Å². The molecule has 6 nitrogen and oxygen atoms in total. The second-order valence-corrected chi connectivity index (χ2v) is 8.88. The van der Waals surface area contributed by atoms with E-state index in [4.69, 9.17) is 16.3 Å². The average molecular weight is 487 g/mol. The van der Waals surface area contributed by atoms with E-state index < -0.39 is 0 Å². The van der Waals surface area contributed by atoms with Crippen molar-refractivity contribution in [3.63, 3.8) is 0 Å². The van der Waals surface area contributed by atoms with Gasteiger partial charge in [0.05, 0.1) is 13.2 Å². The van der Waals surface area contributed by atoms with Crippen molar-refractivity contribution in [2.45, 2.75) is 64.9 Å². The van der Waals surface area contributed by atoms with Crippen LogP contribution in [0.15, 0.2) is 41.7 Å². The fourth-order valence-electron chi connectivity index (χ4n) is 3.96. The summed E-state index contributed by atoms with van der Waals surface area (Å²) in [4.78, 5) is 17.2. The number of piperidine rings is 1. The molecular weight excluding hydrogens is 448 g/mol. The van der Waals surface area contributed by atoms with Gasteiger partial charge in [-0.05, 0) is 55.7 Å². The highest BCUT2D eigenvalue weighted by Crippen LogP contribution is 2.18. The number of nitroso groups, excluding NO2 is 1. The number of rotatable bonds is 10. The number of likely N-dealkylation sites (tertiary alicyclic amines) is 1. The number of aromatic nitrogens is 1. The number of ether oxygens (including phenoxy) is 1. The van der Waals surface area contributed by atoms with Crippen LogP contribution in [0.4, 0.5) is 5.82 Å². The van der Waals surface area contributed by atoms with Crippen molar-refractivity contribution >= 4 is 29.6 Å². The monoisotopic (exact) mass is 486 g/mol. The van der Waals surface area contributed by atoms with Crippen LogP contribution >= 0.6 is 11.6 Å². The van der Waals surface area contributed by atoms with E-state index in [0.29, 0.717) is 25.6 Å². The molecule has 0 aliphatic carbocycles. The minimum Gasteiger partial charge on any atom is -0.494 e. The Balaban J connectivity index is 0.00000199. The van der Waals surface area contributed by atoms with Gasteiger partial charge < -0.3 is 10.1 Å². The zero-order valence-electron chi connectivity index (χ0n) is 21.0. The number of pyridine rings is 1. The van der Waals surface area contributed by atoms with E-state index in [1.54, 1.807) is 0 Å². The molecule has 1 aromatic heterocycles. The first-order valence-corrected chi connectivity index (χ1v) is 12.8. The molecule has 0 radical (unpaired) electrons. The molecule has 0 bridgehead atoms. The van der Waals surface area contributed by atoms with Gasteiger partial charge in [-0.1, -0.05) is 43.3 Å². The number of nitrogens with one attached hydrogen (secondary N) is 1. The van der Waals surface area contributed by atoms with E-state index in [2.05, 4.69) is 44.7 Å². The standard InChI is InChI=1S/C25H33ClN4O2.C2H6/c1-3-21-9-13-27-25(24(21)17-19(2)26)29-22-10-14-30(15-11-22)18-20-5-7-23(8-6-20)32-16-4-12-28-31;1-2/h3,5-9,13,17,19,22H,4,10-12,14-16,18H2,1-2H3,(H,27,29);1-2H3/b21-3-,24-17+;. The van der Waals surface area contributed by atoms with Crippen molar-refractivity contribution in [1.82, 2.24) is 9.88 Å². The number of nitrogens with zero attached hydrogens (tertiary/aromatic N) is 3. The lowest BCUT2D eigenvalue weighted by atomic mass is 10.0. The number of anilines is 1. The third kappa shape index (κ3) is 9.07. The molecule has 2 aromatic rings. The summed E-state index contributed by atoms with van der Waals surface area (Å²) in [6.07, 6.45) is 8.81. The molecule has 1 fully saturated rings. The molecule has 1 N–H and O–H groups in total. The van der Waals surface area contributed by atoms with Crippen molar-refractivity contribution in [2.75, 3.05) is 31.6 Å². The molecule has 3 rings (SSSR count). The maximum absolute atomic E-state index is 10.1. The molecular formula is C27H39ClN4O2. The van der Waals surface area contributed by atoms with Gasteiger partial charge in [0.15, 0.2) is 0 Å². The molecule has 0 amide bonds. The van der Waals surface area contributed by atoms with Crippen LogP contribution in [0, 0.1) is 4.91 Å². The van der Waals surface area contributed by atoms with Gasteiger partial charge in [-0.25, -0.2) is 4.98 Å². The van der Waals surface area contributed by atoms with Gasteiger partial charge >= 0.3 is 0 Å². The molecule has 1 aliphatic rings. The molecule has 1 aliphatic heterocycles. The van der Waals surface area contributed by atoms with Crippen LogP contribution in [0.25, 0.3) is 12.2 Å². The topological polar surface area (TPSA) is 66.8 Å². The molecule has 1 saturated heterocycles. The van der Waals surface area contributed by atoms with E-state index in [1.165, 1.54) is 5.56 Å². The Morgan fingerprint density at radius 2 is 1.94 bits per heavy atom. The van der Waals surface area contributed by atoms with Gasteiger partial charge in [0.2, 0.25) is 0 Å². The predicted molar refractivity (Wildman–Crippen MR) is 144 cm³/mol. The first-order chi connectivity index (χ1) is 16.6. The molecule has 0 spiro atoms. The summed E-state index contributed by atoms with van der Waals surface area (Å²) in [5.74, 6) is 1.76. The summed E-state index contributed by atoms with van der Waals surface area (Å²) in [5, 5.41) is 8.70. The second kappa shape index (κ2) is 15.5. The lowest BCUT2D eigenvalue weighted by Crippen LogP contribution is -2.41. The summed E-state index contributed by atoms with van der Waals surface area (Å²) in [7, 11) is 0. The van der Waals surface area contributed by atoms with Crippen molar-refractivity contribution in [3.05, 3.63) is 57.4 Å². The molecule has 2 heterocycles. The first-order valence-electron chi connectivity index (χ1n) is 12.4. The van der Waals surface area contributed by atoms with Crippen molar-refractivity contribution in [2.24, 2.45) is 5.18 Å². The van der Waals surface area contributed by atoms with Gasteiger partial charge in [0, 0.05) is 48.9 Å². The summed E-state index contributed by atoms with van der Waals surface area (Å²) >= 11 is 6.24. The summed E-state index contributed by atoms with van der Waals surface area (Å²) in [5.41, 5.74) is 1.28. The van der Waals surface area contributed by atoms with Crippen LogP contribution in [-0.4, -0.2) is 47.5 Å². The van der Waals surface area contributed by atoms with Gasteiger partial charge in [-0.15, -0.1) is 11.6 Å². The van der Waals surface area contributed by atoms with Gasteiger partial charge in [0.25, 0.3) is 0 Å². The molecule has 1 unspecified atom stereocenters. The number of hydrogen-bond acceptors (Lipinski definition) is 6. The van der Waals surface area contributed by atoms with Crippen LogP contribution in [0.5, 0.6) is 5.75 Å². The van der Waals surface area contributed by atoms with E-state index in [0.717, 1.165) is 54.5 Å². The Hall–Kier alpha value is -2.44. The zero-order valence-corrected chi connectivity index (χ0v) is 21.7. The molecule has 0 saturated carbocycles. The van der Waals surface area contributed by atoms with Crippen LogP contribution in [0.1, 0.15) is 52.5 Å². The van der Waals surface area contributed by atoms with Gasteiger partial charge in [0.1, 0.15) is 11.6 Å². The van der Waals surface area contributed by atoms with Crippen molar-refractivity contribution in [1.29, 1.82) is 0 Å². The fraction of sp³-hybridized carbons (Fsp3) is 0.519. The minimum atomic E-state index is -0.0505. The minimum absolute atomic E-state index is 0.0505. The lowest BCUT2D eigenvalue weighted by molar-refractivity contribution is 0.211. The van der Waals surface area contributed by atoms with Crippen LogP contribution < -0.4 is 20.5 Å². The molecule has 34 heavy (non-hydrogen) atoms. The van der Waals surface area contributed by atoms with Gasteiger partial charge in [-0.2, -0.15) is 4.91 Å². The Bertz CT molecular complexity index is 971. The quantitative estimate of drug-likeness (QED) is 0.293. The molecule has 186 valence electrons. The largest absolute Gasteiger partial charge is 0.494 e. The summed E-state index contributed by atoms with van der Waals surface area (Å²) in [6.45, 7) is 11.8. The third-order valence-electron chi connectivity index (χ3n) is 5.65.